The van der Waals surface area contributed by atoms with E-state index in [0.717, 1.165) is 5.56 Å². The Bertz CT molecular complexity index is 1190. The van der Waals surface area contributed by atoms with E-state index in [1.165, 1.54) is 24.3 Å². The molecule has 3 rings (SSSR count). The van der Waals surface area contributed by atoms with Crippen molar-refractivity contribution in [2.24, 2.45) is 0 Å². The molecule has 0 spiro atoms. The van der Waals surface area contributed by atoms with Gasteiger partial charge in [0.25, 0.3) is 0 Å². The molecule has 0 radical (unpaired) electrons. The second kappa shape index (κ2) is 10.9. The summed E-state index contributed by atoms with van der Waals surface area (Å²) in [5.41, 5.74) is 2.26. The first-order valence-electron chi connectivity index (χ1n) is 10.3. The summed E-state index contributed by atoms with van der Waals surface area (Å²) >= 11 is 0. The van der Waals surface area contributed by atoms with Gasteiger partial charge in [-0.15, -0.1) is 0 Å². The molecule has 3 aromatic rings. The molecule has 0 unspecified atom stereocenters. The van der Waals surface area contributed by atoms with Crippen LogP contribution < -0.4 is 0 Å². The van der Waals surface area contributed by atoms with Crippen LogP contribution in [0.25, 0.3) is 6.08 Å². The molecule has 7 heteroatoms. The van der Waals surface area contributed by atoms with E-state index >= 15 is 0 Å². The number of Topliss-reactive ketones (excluding diaryl/α,β-unsaturated/α-hetero) is 1. The van der Waals surface area contributed by atoms with Gasteiger partial charge in [-0.25, -0.2) is 9.18 Å². The van der Waals surface area contributed by atoms with E-state index < -0.39 is 24.0 Å². The molecule has 1 heterocycles. The normalized spacial score (nSPS) is 10.8. The average molecular weight is 447 g/mol. The fourth-order valence-electron chi connectivity index (χ4n) is 3.15. The van der Waals surface area contributed by atoms with E-state index in [1.54, 1.807) is 60.2 Å². The summed E-state index contributed by atoms with van der Waals surface area (Å²) in [6.45, 7) is 1.94. The summed E-state index contributed by atoms with van der Waals surface area (Å²) in [5, 5.41) is 0. The lowest BCUT2D eigenvalue weighted by molar-refractivity contribution is -0.154. The number of ketones is 3. The van der Waals surface area contributed by atoms with E-state index in [4.69, 9.17) is 0 Å². The average Bonchev–Trinajstić information content (AvgIpc) is 3.22. The van der Waals surface area contributed by atoms with Crippen LogP contribution in [0.1, 0.15) is 40.5 Å². The number of carbonyl (C=O) groups is 4. The van der Waals surface area contributed by atoms with Crippen LogP contribution >= 0.6 is 0 Å². The molecule has 6 nitrogen and oxygen atoms in total. The zero-order valence-electron chi connectivity index (χ0n) is 18.0. The minimum Gasteiger partial charge on any atom is -0.460 e. The summed E-state index contributed by atoms with van der Waals surface area (Å²) < 4.78 is 19.6. The Hall–Kier alpha value is -4.13. The van der Waals surface area contributed by atoms with Crippen LogP contribution in [0.2, 0.25) is 0 Å². The van der Waals surface area contributed by atoms with Crippen molar-refractivity contribution >= 4 is 29.4 Å². The molecule has 0 saturated carbocycles. The van der Waals surface area contributed by atoms with Crippen LogP contribution in [0.3, 0.4) is 0 Å². The van der Waals surface area contributed by atoms with E-state index in [2.05, 4.69) is 4.74 Å². The number of benzene rings is 2. The third-order valence-corrected chi connectivity index (χ3v) is 4.77. The number of aromatic nitrogens is 1. The zero-order chi connectivity index (χ0) is 23.8. The molecule has 0 amide bonds. The van der Waals surface area contributed by atoms with Crippen molar-refractivity contribution in [1.29, 1.82) is 0 Å². The lowest BCUT2D eigenvalue weighted by Gasteiger charge is -2.06. The third-order valence-electron chi connectivity index (χ3n) is 4.77. The van der Waals surface area contributed by atoms with E-state index in [0.29, 0.717) is 23.4 Å². The smallest absolute Gasteiger partial charge is 0.375 e. The monoisotopic (exact) mass is 447 g/mol. The van der Waals surface area contributed by atoms with Gasteiger partial charge in [0.2, 0.25) is 5.78 Å². The summed E-state index contributed by atoms with van der Waals surface area (Å²) in [5.74, 6) is -3.09. The summed E-state index contributed by atoms with van der Waals surface area (Å²) in [6, 6.07) is 16.3. The van der Waals surface area contributed by atoms with Gasteiger partial charge in [0.1, 0.15) is 5.82 Å². The molecule has 0 N–H and O–H groups in total. The van der Waals surface area contributed by atoms with Crippen LogP contribution in [0, 0.1) is 5.82 Å². The first-order valence-corrected chi connectivity index (χ1v) is 10.3. The first kappa shape index (κ1) is 23.5. The van der Waals surface area contributed by atoms with Gasteiger partial charge in [-0.05, 0) is 42.8 Å². The number of allylic oxidation sites excluding steroid dienone is 1. The van der Waals surface area contributed by atoms with E-state index in [9.17, 15) is 23.6 Å². The van der Waals surface area contributed by atoms with Crippen LogP contribution in [-0.2, 0) is 25.7 Å². The largest absolute Gasteiger partial charge is 0.460 e. The standard InChI is InChI=1S/C26H22FNO5/c1-2-33-26(32)24(30)15-23(29)13-12-22-14-20(25(31)19-6-4-3-5-7-19)17-28(22)16-18-8-10-21(27)11-9-18/h3-14,17H,2,15-16H2,1H3/b13-12+. The minimum atomic E-state index is -1.05. The number of rotatable bonds is 10. The van der Waals surface area contributed by atoms with Gasteiger partial charge in [0, 0.05) is 29.6 Å². The molecule has 0 aliphatic heterocycles. The van der Waals surface area contributed by atoms with Crippen molar-refractivity contribution in [2.45, 2.75) is 19.9 Å². The number of halogens is 1. The van der Waals surface area contributed by atoms with Crippen molar-refractivity contribution in [1.82, 2.24) is 4.57 Å². The van der Waals surface area contributed by atoms with Crippen molar-refractivity contribution in [3.63, 3.8) is 0 Å². The SMILES string of the molecule is CCOC(=O)C(=O)CC(=O)/C=C/c1cc(C(=O)c2ccccc2)cn1Cc1ccc(F)cc1. The van der Waals surface area contributed by atoms with Gasteiger partial charge >= 0.3 is 5.97 Å². The highest BCUT2D eigenvalue weighted by atomic mass is 19.1. The Morgan fingerprint density at radius 3 is 2.33 bits per heavy atom. The number of hydrogen-bond donors (Lipinski definition) is 0. The molecule has 0 aliphatic carbocycles. The fourth-order valence-corrected chi connectivity index (χ4v) is 3.15. The van der Waals surface area contributed by atoms with Gasteiger partial charge in [-0.3, -0.25) is 14.4 Å². The zero-order valence-corrected chi connectivity index (χ0v) is 18.0. The highest BCUT2D eigenvalue weighted by molar-refractivity contribution is 6.37. The van der Waals surface area contributed by atoms with Gasteiger partial charge in [0.15, 0.2) is 11.6 Å². The molecular formula is C26H22FNO5. The quantitative estimate of drug-likeness (QED) is 0.154. The molecule has 168 valence electrons. The molecule has 1 aromatic heterocycles. The Labute approximate surface area is 190 Å². The molecular weight excluding hydrogens is 425 g/mol. The molecule has 0 aliphatic rings. The third kappa shape index (κ3) is 6.43. The lowest BCUT2D eigenvalue weighted by atomic mass is 10.1. The highest BCUT2D eigenvalue weighted by Crippen LogP contribution is 2.18. The van der Waals surface area contributed by atoms with Crippen molar-refractivity contribution in [3.8, 4) is 0 Å². The summed E-state index contributed by atoms with van der Waals surface area (Å²) in [6.07, 6.45) is 3.72. The Balaban J connectivity index is 1.85. The number of hydrogen-bond acceptors (Lipinski definition) is 5. The van der Waals surface area contributed by atoms with Crippen molar-refractivity contribution in [3.05, 3.63) is 101 Å². The predicted molar refractivity (Wildman–Crippen MR) is 120 cm³/mol. The van der Waals surface area contributed by atoms with Crippen molar-refractivity contribution in [2.75, 3.05) is 6.61 Å². The van der Waals surface area contributed by atoms with Crippen LogP contribution in [0.4, 0.5) is 4.39 Å². The summed E-state index contributed by atoms with van der Waals surface area (Å²) in [4.78, 5) is 48.2. The Morgan fingerprint density at radius 1 is 0.970 bits per heavy atom. The molecule has 0 fully saturated rings. The minimum absolute atomic E-state index is 0.0454. The second-order valence-electron chi connectivity index (χ2n) is 7.22. The van der Waals surface area contributed by atoms with Gasteiger partial charge in [0.05, 0.1) is 13.0 Å². The van der Waals surface area contributed by atoms with Gasteiger partial charge < -0.3 is 9.30 Å². The number of esters is 1. The van der Waals surface area contributed by atoms with E-state index in [-0.39, 0.29) is 18.2 Å². The Kier molecular flexibility index (Phi) is 7.81. The van der Waals surface area contributed by atoms with Gasteiger partial charge in [-0.1, -0.05) is 42.5 Å². The molecule has 0 bridgehead atoms. The lowest BCUT2D eigenvalue weighted by Crippen LogP contribution is -2.19. The molecule has 0 atom stereocenters. The number of ether oxygens (including phenoxy) is 1. The van der Waals surface area contributed by atoms with E-state index in [1.807, 2.05) is 6.07 Å². The maximum Gasteiger partial charge on any atom is 0.375 e. The topological polar surface area (TPSA) is 82.4 Å². The van der Waals surface area contributed by atoms with Crippen LogP contribution in [-0.4, -0.2) is 34.5 Å². The van der Waals surface area contributed by atoms with Crippen LogP contribution in [0.5, 0.6) is 0 Å². The maximum atomic E-state index is 13.3. The van der Waals surface area contributed by atoms with Crippen molar-refractivity contribution < 1.29 is 28.3 Å². The number of carbonyl (C=O) groups excluding carboxylic acids is 4. The maximum absolute atomic E-state index is 13.3. The predicted octanol–water partition coefficient (Wildman–Crippen LogP) is 4.01. The number of nitrogens with zero attached hydrogens (tertiary/aromatic N) is 1. The second-order valence-corrected chi connectivity index (χ2v) is 7.22. The fraction of sp³-hybridized carbons (Fsp3) is 0.154. The first-order chi connectivity index (χ1) is 15.9. The Morgan fingerprint density at radius 2 is 1.67 bits per heavy atom. The summed E-state index contributed by atoms with van der Waals surface area (Å²) in [7, 11) is 0. The molecule has 33 heavy (non-hydrogen) atoms. The van der Waals surface area contributed by atoms with Crippen LogP contribution in [0.15, 0.2) is 72.9 Å². The molecule has 2 aromatic carbocycles. The highest BCUT2D eigenvalue weighted by Gasteiger charge is 2.18. The molecule has 0 saturated heterocycles. The van der Waals surface area contributed by atoms with Gasteiger partial charge in [-0.2, -0.15) is 0 Å².